The fourth-order valence-corrected chi connectivity index (χ4v) is 2.34. The summed E-state index contributed by atoms with van der Waals surface area (Å²) in [5.41, 5.74) is 1.73. The van der Waals surface area contributed by atoms with Crippen LogP contribution in [0.25, 0.3) is 0 Å². The summed E-state index contributed by atoms with van der Waals surface area (Å²) >= 11 is 3.43. The maximum absolute atomic E-state index is 10.6. The number of para-hydroxylation sites is 1. The number of ether oxygens (including phenoxy) is 2. The lowest BCUT2D eigenvalue weighted by atomic mass is 10.1. The van der Waals surface area contributed by atoms with Crippen molar-refractivity contribution in [1.29, 1.82) is 0 Å². The summed E-state index contributed by atoms with van der Waals surface area (Å²) in [7, 11) is 1.59. The Balaban J connectivity index is 2.05. The minimum absolute atomic E-state index is 0.0270. The van der Waals surface area contributed by atoms with Gasteiger partial charge in [0.1, 0.15) is 6.61 Å². The van der Waals surface area contributed by atoms with Gasteiger partial charge in [0.2, 0.25) is 0 Å². The van der Waals surface area contributed by atoms with Crippen molar-refractivity contribution in [3.05, 3.63) is 58.1 Å². The van der Waals surface area contributed by atoms with E-state index < -0.39 is 5.97 Å². The van der Waals surface area contributed by atoms with Gasteiger partial charge in [-0.25, -0.2) is 0 Å². The number of carboxylic acid groups (broad SMARTS) is 1. The predicted molar refractivity (Wildman–Crippen MR) is 82.8 cm³/mol. The largest absolute Gasteiger partial charge is 0.493 e. The Bertz CT molecular complexity index is 623. The van der Waals surface area contributed by atoms with Crippen LogP contribution in [0.4, 0.5) is 0 Å². The second-order valence-electron chi connectivity index (χ2n) is 4.45. The van der Waals surface area contributed by atoms with E-state index in [1.54, 1.807) is 19.2 Å². The Morgan fingerprint density at radius 1 is 1.14 bits per heavy atom. The molecule has 0 unspecified atom stereocenters. The number of carboxylic acids is 1. The van der Waals surface area contributed by atoms with Crippen LogP contribution in [0.15, 0.2) is 46.9 Å². The third kappa shape index (κ3) is 4.23. The Morgan fingerprint density at radius 3 is 2.43 bits per heavy atom. The van der Waals surface area contributed by atoms with Crippen molar-refractivity contribution in [3.63, 3.8) is 0 Å². The highest BCUT2D eigenvalue weighted by atomic mass is 79.9. The molecule has 0 amide bonds. The lowest BCUT2D eigenvalue weighted by molar-refractivity contribution is -0.136. The average Bonchev–Trinajstić information content (AvgIpc) is 2.46. The van der Waals surface area contributed by atoms with Gasteiger partial charge in [0, 0.05) is 0 Å². The van der Waals surface area contributed by atoms with E-state index >= 15 is 0 Å². The van der Waals surface area contributed by atoms with E-state index in [1.165, 1.54) is 0 Å². The molecule has 2 rings (SSSR count). The van der Waals surface area contributed by atoms with Crippen molar-refractivity contribution >= 4 is 21.9 Å². The Labute approximate surface area is 131 Å². The van der Waals surface area contributed by atoms with Gasteiger partial charge in [-0.3, -0.25) is 4.79 Å². The number of halogens is 1. The molecule has 4 nitrogen and oxygen atoms in total. The Kier molecular flexibility index (Phi) is 5.22. The first kappa shape index (κ1) is 15.4. The molecule has 1 N–H and O–H groups in total. The molecule has 5 heteroatoms. The molecule has 0 spiro atoms. The molecule has 2 aromatic carbocycles. The fraction of sp³-hybridized carbons (Fsp3) is 0.188. The van der Waals surface area contributed by atoms with Gasteiger partial charge >= 0.3 is 5.97 Å². The quantitative estimate of drug-likeness (QED) is 0.863. The predicted octanol–water partition coefficient (Wildman–Crippen LogP) is 3.66. The van der Waals surface area contributed by atoms with Gasteiger partial charge in [-0.1, -0.05) is 30.3 Å². The zero-order valence-electron chi connectivity index (χ0n) is 11.5. The fourth-order valence-electron chi connectivity index (χ4n) is 1.87. The second-order valence-corrected chi connectivity index (χ2v) is 5.30. The summed E-state index contributed by atoms with van der Waals surface area (Å²) in [6.07, 6.45) is 0.0270. The third-order valence-electron chi connectivity index (χ3n) is 2.91. The number of hydrogen-bond donors (Lipinski definition) is 1. The number of benzene rings is 2. The highest BCUT2D eigenvalue weighted by Crippen LogP contribution is 2.35. The zero-order valence-corrected chi connectivity index (χ0v) is 13.1. The SMILES string of the molecule is COc1cccc(Br)c1OCc1ccc(CC(=O)O)cc1. The zero-order chi connectivity index (χ0) is 15.2. The molecule has 0 aliphatic heterocycles. The van der Waals surface area contributed by atoms with Crippen molar-refractivity contribution in [1.82, 2.24) is 0 Å². The van der Waals surface area contributed by atoms with Crippen LogP contribution in [0, 0.1) is 0 Å². The number of aliphatic carboxylic acids is 1. The van der Waals surface area contributed by atoms with Crippen LogP contribution < -0.4 is 9.47 Å². The maximum atomic E-state index is 10.6. The molecular weight excluding hydrogens is 336 g/mol. The number of carbonyl (C=O) groups is 1. The molecule has 0 heterocycles. The molecule has 110 valence electrons. The van der Waals surface area contributed by atoms with Gasteiger partial charge < -0.3 is 14.6 Å². The van der Waals surface area contributed by atoms with Crippen LogP contribution in [0.2, 0.25) is 0 Å². The Morgan fingerprint density at radius 2 is 1.81 bits per heavy atom. The van der Waals surface area contributed by atoms with Gasteiger partial charge in [-0.15, -0.1) is 0 Å². The van der Waals surface area contributed by atoms with E-state index in [2.05, 4.69) is 15.9 Å². The van der Waals surface area contributed by atoms with E-state index in [0.717, 1.165) is 15.6 Å². The lowest BCUT2D eigenvalue weighted by Crippen LogP contribution is -2.01. The van der Waals surface area contributed by atoms with Gasteiger partial charge in [0.15, 0.2) is 11.5 Å². The van der Waals surface area contributed by atoms with Crippen LogP contribution in [0.5, 0.6) is 11.5 Å². The normalized spacial score (nSPS) is 10.2. The van der Waals surface area contributed by atoms with Crippen molar-refractivity contribution in [2.24, 2.45) is 0 Å². The monoisotopic (exact) mass is 350 g/mol. The van der Waals surface area contributed by atoms with Crippen LogP contribution in [-0.4, -0.2) is 18.2 Å². The minimum atomic E-state index is -0.836. The van der Waals surface area contributed by atoms with E-state index in [9.17, 15) is 4.79 Å². The van der Waals surface area contributed by atoms with Gasteiger partial charge in [-0.05, 0) is 39.2 Å². The van der Waals surface area contributed by atoms with Crippen molar-refractivity contribution in [2.45, 2.75) is 13.0 Å². The molecule has 0 aliphatic rings. The standard InChI is InChI=1S/C16H15BrO4/c1-20-14-4-2-3-13(17)16(14)21-10-12-7-5-11(6-8-12)9-15(18)19/h2-8H,9-10H2,1H3,(H,18,19). The average molecular weight is 351 g/mol. The summed E-state index contributed by atoms with van der Waals surface area (Å²) in [5.74, 6) is 0.471. The second kappa shape index (κ2) is 7.13. The molecule has 21 heavy (non-hydrogen) atoms. The third-order valence-corrected chi connectivity index (χ3v) is 3.54. The first-order chi connectivity index (χ1) is 10.1. The number of methoxy groups -OCH3 is 1. The van der Waals surface area contributed by atoms with E-state index in [-0.39, 0.29) is 6.42 Å². The molecule has 0 saturated carbocycles. The summed E-state index contributed by atoms with van der Waals surface area (Å²) in [5, 5.41) is 8.73. The summed E-state index contributed by atoms with van der Waals surface area (Å²) in [6.45, 7) is 0.381. The van der Waals surface area contributed by atoms with Gasteiger partial charge in [0.05, 0.1) is 18.0 Å². The number of hydrogen-bond acceptors (Lipinski definition) is 3. The first-order valence-corrected chi connectivity index (χ1v) is 7.14. The van der Waals surface area contributed by atoms with Gasteiger partial charge in [-0.2, -0.15) is 0 Å². The van der Waals surface area contributed by atoms with Crippen molar-refractivity contribution in [2.75, 3.05) is 7.11 Å². The van der Waals surface area contributed by atoms with E-state index in [0.29, 0.717) is 18.1 Å². The molecule has 0 aliphatic carbocycles. The van der Waals surface area contributed by atoms with E-state index in [4.69, 9.17) is 14.6 Å². The van der Waals surface area contributed by atoms with Crippen LogP contribution in [0.1, 0.15) is 11.1 Å². The first-order valence-electron chi connectivity index (χ1n) is 6.35. The van der Waals surface area contributed by atoms with Crippen molar-refractivity contribution in [3.8, 4) is 11.5 Å². The Hall–Kier alpha value is -2.01. The molecule has 0 bridgehead atoms. The molecule has 0 radical (unpaired) electrons. The molecule has 0 saturated heterocycles. The maximum Gasteiger partial charge on any atom is 0.307 e. The number of rotatable bonds is 6. The molecule has 0 atom stereocenters. The highest BCUT2D eigenvalue weighted by molar-refractivity contribution is 9.10. The molecule has 2 aromatic rings. The summed E-state index contributed by atoms with van der Waals surface area (Å²) in [6, 6.07) is 12.9. The lowest BCUT2D eigenvalue weighted by Gasteiger charge is -2.12. The van der Waals surface area contributed by atoms with Crippen LogP contribution >= 0.6 is 15.9 Å². The van der Waals surface area contributed by atoms with E-state index in [1.807, 2.05) is 30.3 Å². The summed E-state index contributed by atoms with van der Waals surface area (Å²) in [4.78, 5) is 10.6. The molecule has 0 fully saturated rings. The molecular formula is C16H15BrO4. The highest BCUT2D eigenvalue weighted by Gasteiger charge is 2.09. The molecule has 0 aromatic heterocycles. The summed E-state index contributed by atoms with van der Waals surface area (Å²) < 4.78 is 11.9. The van der Waals surface area contributed by atoms with Crippen LogP contribution in [0.3, 0.4) is 0 Å². The van der Waals surface area contributed by atoms with Gasteiger partial charge in [0.25, 0.3) is 0 Å². The topological polar surface area (TPSA) is 55.8 Å². The smallest absolute Gasteiger partial charge is 0.307 e. The minimum Gasteiger partial charge on any atom is -0.493 e. The van der Waals surface area contributed by atoms with Crippen LogP contribution in [-0.2, 0) is 17.8 Å². The van der Waals surface area contributed by atoms with Crippen molar-refractivity contribution < 1.29 is 19.4 Å².